The summed E-state index contributed by atoms with van der Waals surface area (Å²) in [6, 6.07) is 8.86. The maximum atomic E-state index is 3.51. The van der Waals surface area contributed by atoms with Crippen molar-refractivity contribution in [3.63, 3.8) is 0 Å². The Hall–Kier alpha value is -0.860. The molecule has 0 amide bonds. The highest BCUT2D eigenvalue weighted by molar-refractivity contribution is 5.33. The molecule has 0 bridgehead atoms. The molecule has 0 atom stereocenters. The van der Waals surface area contributed by atoms with Gasteiger partial charge < -0.3 is 10.2 Å². The highest BCUT2D eigenvalue weighted by Gasteiger charge is 2.25. The van der Waals surface area contributed by atoms with Crippen LogP contribution in [0.3, 0.4) is 0 Å². The van der Waals surface area contributed by atoms with Crippen LogP contribution in [0, 0.1) is 0 Å². The summed E-state index contributed by atoms with van der Waals surface area (Å²) >= 11 is 0. The van der Waals surface area contributed by atoms with Gasteiger partial charge in [-0.25, -0.2) is 0 Å². The fourth-order valence-electron chi connectivity index (χ4n) is 2.01. The van der Waals surface area contributed by atoms with E-state index in [1.165, 1.54) is 18.4 Å². The topological polar surface area (TPSA) is 15.3 Å². The van der Waals surface area contributed by atoms with Gasteiger partial charge in [-0.2, -0.15) is 0 Å². The number of rotatable bonds is 6. The van der Waals surface area contributed by atoms with Crippen molar-refractivity contribution < 1.29 is 0 Å². The van der Waals surface area contributed by atoms with Crippen LogP contribution in [0.1, 0.15) is 29.9 Å². The normalized spacial score (nSPS) is 15.7. The lowest BCUT2D eigenvalue weighted by molar-refractivity contribution is 0.400. The zero-order chi connectivity index (χ0) is 11.4. The van der Waals surface area contributed by atoms with Crippen LogP contribution in [0.2, 0.25) is 0 Å². The molecule has 0 spiro atoms. The van der Waals surface area contributed by atoms with E-state index < -0.39 is 0 Å². The van der Waals surface area contributed by atoms with Gasteiger partial charge >= 0.3 is 0 Å². The number of nitrogens with zero attached hydrogens (tertiary/aromatic N) is 1. The van der Waals surface area contributed by atoms with Crippen molar-refractivity contribution in [1.82, 2.24) is 10.2 Å². The van der Waals surface area contributed by atoms with Crippen molar-refractivity contribution in [3.05, 3.63) is 35.4 Å². The predicted octanol–water partition coefficient (Wildman–Crippen LogP) is 2.22. The molecule has 0 aliphatic heterocycles. The lowest BCUT2D eigenvalue weighted by Crippen LogP contribution is -2.26. The van der Waals surface area contributed by atoms with Gasteiger partial charge in [0.25, 0.3) is 0 Å². The van der Waals surface area contributed by atoms with Gasteiger partial charge in [-0.3, -0.25) is 0 Å². The monoisotopic (exact) mass is 218 g/mol. The van der Waals surface area contributed by atoms with Crippen LogP contribution >= 0.6 is 0 Å². The Kier molecular flexibility index (Phi) is 3.97. The average molecular weight is 218 g/mol. The third kappa shape index (κ3) is 3.32. The highest BCUT2D eigenvalue weighted by atomic mass is 15.1. The molecule has 1 aliphatic carbocycles. The first kappa shape index (κ1) is 11.6. The van der Waals surface area contributed by atoms with E-state index in [1.807, 2.05) is 0 Å². The van der Waals surface area contributed by atoms with E-state index in [2.05, 4.69) is 48.6 Å². The minimum absolute atomic E-state index is 0.854. The Labute approximate surface area is 98.7 Å². The largest absolute Gasteiger partial charge is 0.311 e. The van der Waals surface area contributed by atoms with Crippen molar-refractivity contribution in [2.45, 2.75) is 25.3 Å². The standard InChI is InChI=1S/C14H22N2/c1-16(2)10-9-15-11-13-5-3-4-6-14(13)12-7-8-12/h3-6,12,15H,7-11H2,1-2H3. The van der Waals surface area contributed by atoms with E-state index in [1.54, 1.807) is 5.56 Å². The lowest BCUT2D eigenvalue weighted by Gasteiger charge is -2.12. The van der Waals surface area contributed by atoms with Crippen molar-refractivity contribution in [2.24, 2.45) is 0 Å². The average Bonchev–Trinajstić information content (AvgIpc) is 3.08. The summed E-state index contributed by atoms with van der Waals surface area (Å²) in [5.74, 6) is 0.854. The Bertz CT molecular complexity index is 329. The van der Waals surface area contributed by atoms with E-state index >= 15 is 0 Å². The predicted molar refractivity (Wildman–Crippen MR) is 68.7 cm³/mol. The molecule has 0 unspecified atom stereocenters. The molecular formula is C14H22N2. The van der Waals surface area contributed by atoms with Crippen molar-refractivity contribution in [1.29, 1.82) is 0 Å². The molecule has 0 radical (unpaired) electrons. The molecule has 0 heterocycles. The molecule has 1 N–H and O–H groups in total. The first-order chi connectivity index (χ1) is 7.77. The smallest absolute Gasteiger partial charge is 0.0208 e. The summed E-state index contributed by atoms with van der Waals surface area (Å²) in [6.45, 7) is 3.18. The second-order valence-corrected chi connectivity index (χ2v) is 4.95. The summed E-state index contributed by atoms with van der Waals surface area (Å²) < 4.78 is 0. The van der Waals surface area contributed by atoms with Gasteiger partial charge in [0.1, 0.15) is 0 Å². The van der Waals surface area contributed by atoms with Crippen LogP contribution in [0.15, 0.2) is 24.3 Å². The molecule has 2 nitrogen and oxygen atoms in total. The van der Waals surface area contributed by atoms with Gasteiger partial charge in [-0.1, -0.05) is 24.3 Å². The Balaban J connectivity index is 1.84. The Morgan fingerprint density at radius 2 is 2.00 bits per heavy atom. The third-order valence-electron chi connectivity index (χ3n) is 3.12. The quantitative estimate of drug-likeness (QED) is 0.737. The van der Waals surface area contributed by atoms with Gasteiger partial charge in [0.05, 0.1) is 0 Å². The van der Waals surface area contributed by atoms with Crippen LogP contribution in [0.5, 0.6) is 0 Å². The number of likely N-dealkylation sites (N-methyl/N-ethyl adjacent to an activating group) is 1. The minimum atomic E-state index is 0.854. The number of hydrogen-bond donors (Lipinski definition) is 1. The fraction of sp³-hybridized carbons (Fsp3) is 0.571. The maximum Gasteiger partial charge on any atom is 0.0208 e. The van der Waals surface area contributed by atoms with Gasteiger partial charge in [0, 0.05) is 19.6 Å². The molecule has 88 valence electrons. The highest BCUT2D eigenvalue weighted by Crippen LogP contribution is 2.41. The van der Waals surface area contributed by atoms with Crippen LogP contribution in [0.25, 0.3) is 0 Å². The fourth-order valence-corrected chi connectivity index (χ4v) is 2.01. The Morgan fingerprint density at radius 3 is 2.69 bits per heavy atom. The van der Waals surface area contributed by atoms with E-state index in [0.29, 0.717) is 0 Å². The SMILES string of the molecule is CN(C)CCNCc1ccccc1C1CC1. The zero-order valence-corrected chi connectivity index (χ0v) is 10.4. The van der Waals surface area contributed by atoms with Crippen LogP contribution in [0.4, 0.5) is 0 Å². The van der Waals surface area contributed by atoms with E-state index in [-0.39, 0.29) is 0 Å². The number of nitrogens with one attached hydrogen (secondary N) is 1. The van der Waals surface area contributed by atoms with Crippen molar-refractivity contribution in [3.8, 4) is 0 Å². The lowest BCUT2D eigenvalue weighted by atomic mass is 10.0. The zero-order valence-electron chi connectivity index (χ0n) is 10.4. The second kappa shape index (κ2) is 5.46. The van der Waals surface area contributed by atoms with Gasteiger partial charge in [0.15, 0.2) is 0 Å². The molecule has 16 heavy (non-hydrogen) atoms. The summed E-state index contributed by atoms with van der Waals surface area (Å²) in [6.07, 6.45) is 2.77. The first-order valence-electron chi connectivity index (χ1n) is 6.20. The van der Waals surface area contributed by atoms with E-state index in [4.69, 9.17) is 0 Å². The van der Waals surface area contributed by atoms with E-state index in [9.17, 15) is 0 Å². The molecule has 1 aromatic carbocycles. The van der Waals surface area contributed by atoms with Crippen LogP contribution in [-0.4, -0.2) is 32.1 Å². The minimum Gasteiger partial charge on any atom is -0.311 e. The van der Waals surface area contributed by atoms with Crippen molar-refractivity contribution in [2.75, 3.05) is 27.2 Å². The molecule has 0 saturated heterocycles. The first-order valence-corrected chi connectivity index (χ1v) is 6.20. The van der Waals surface area contributed by atoms with Gasteiger partial charge in [0.2, 0.25) is 0 Å². The third-order valence-corrected chi connectivity index (χ3v) is 3.12. The molecule has 1 aliphatic rings. The summed E-state index contributed by atoms with van der Waals surface area (Å²) in [5.41, 5.74) is 3.06. The van der Waals surface area contributed by atoms with Crippen LogP contribution in [-0.2, 0) is 6.54 Å². The van der Waals surface area contributed by atoms with Gasteiger partial charge in [-0.15, -0.1) is 0 Å². The van der Waals surface area contributed by atoms with Crippen LogP contribution < -0.4 is 5.32 Å². The summed E-state index contributed by atoms with van der Waals surface area (Å²) in [7, 11) is 4.22. The maximum absolute atomic E-state index is 3.51. The summed E-state index contributed by atoms with van der Waals surface area (Å²) in [4.78, 5) is 2.21. The second-order valence-electron chi connectivity index (χ2n) is 4.95. The van der Waals surface area contributed by atoms with Crippen molar-refractivity contribution >= 4 is 0 Å². The Morgan fingerprint density at radius 1 is 1.25 bits per heavy atom. The molecule has 1 aromatic rings. The molecular weight excluding hydrogens is 196 g/mol. The number of hydrogen-bond acceptors (Lipinski definition) is 2. The molecule has 2 heteroatoms. The summed E-state index contributed by atoms with van der Waals surface area (Å²) in [5, 5.41) is 3.51. The van der Waals surface area contributed by atoms with E-state index in [0.717, 1.165) is 25.6 Å². The molecule has 1 saturated carbocycles. The molecule has 2 rings (SSSR count). The van der Waals surface area contributed by atoms with Gasteiger partial charge in [-0.05, 0) is 44.0 Å². The number of benzene rings is 1. The molecule has 1 fully saturated rings. The molecule has 0 aromatic heterocycles.